The molecule has 1 fully saturated rings. The Labute approximate surface area is 112 Å². The fourth-order valence-corrected chi connectivity index (χ4v) is 2.84. The minimum absolute atomic E-state index is 0.0182. The zero-order valence-corrected chi connectivity index (χ0v) is 11.1. The predicted molar refractivity (Wildman–Crippen MR) is 69.5 cm³/mol. The van der Waals surface area contributed by atoms with Gasteiger partial charge in [0.05, 0.1) is 19.3 Å². The standard InChI is InChI=1S/C15H17NO3/c1-11-7-13-14(19-6-5-18-13)8-12(11)15(3-2-4-16)9-17-10-15/h7-8H,2-3,5-6,9-10H2,1H3. The molecule has 100 valence electrons. The molecule has 19 heavy (non-hydrogen) atoms. The fourth-order valence-electron chi connectivity index (χ4n) is 2.84. The minimum atomic E-state index is -0.0182. The van der Waals surface area contributed by atoms with Gasteiger partial charge in [0, 0.05) is 11.8 Å². The van der Waals surface area contributed by atoms with E-state index in [2.05, 4.69) is 19.1 Å². The summed E-state index contributed by atoms with van der Waals surface area (Å²) < 4.78 is 16.7. The minimum Gasteiger partial charge on any atom is -0.486 e. The van der Waals surface area contributed by atoms with Gasteiger partial charge < -0.3 is 14.2 Å². The molecule has 0 aliphatic carbocycles. The van der Waals surface area contributed by atoms with Crippen LogP contribution in [0, 0.1) is 18.3 Å². The first-order chi connectivity index (χ1) is 9.25. The van der Waals surface area contributed by atoms with Crippen molar-refractivity contribution < 1.29 is 14.2 Å². The Hall–Kier alpha value is -1.73. The van der Waals surface area contributed by atoms with Crippen LogP contribution in [0.25, 0.3) is 0 Å². The number of nitrogens with zero attached hydrogens (tertiary/aromatic N) is 1. The van der Waals surface area contributed by atoms with Crippen LogP contribution in [0.1, 0.15) is 24.0 Å². The molecule has 4 heteroatoms. The van der Waals surface area contributed by atoms with Gasteiger partial charge in [-0.15, -0.1) is 0 Å². The first-order valence-corrected chi connectivity index (χ1v) is 6.61. The summed E-state index contributed by atoms with van der Waals surface area (Å²) in [5.74, 6) is 1.64. The largest absolute Gasteiger partial charge is 0.486 e. The number of benzene rings is 1. The average molecular weight is 259 g/mol. The van der Waals surface area contributed by atoms with Crippen LogP contribution in [-0.2, 0) is 10.2 Å². The summed E-state index contributed by atoms with van der Waals surface area (Å²) in [5, 5.41) is 8.82. The molecule has 2 heterocycles. The van der Waals surface area contributed by atoms with E-state index in [1.54, 1.807) is 0 Å². The smallest absolute Gasteiger partial charge is 0.161 e. The Morgan fingerprint density at radius 2 is 1.89 bits per heavy atom. The van der Waals surface area contributed by atoms with Crippen molar-refractivity contribution in [1.29, 1.82) is 5.26 Å². The summed E-state index contributed by atoms with van der Waals surface area (Å²) >= 11 is 0. The lowest BCUT2D eigenvalue weighted by molar-refractivity contribution is -0.0641. The van der Waals surface area contributed by atoms with Crippen LogP contribution in [0.2, 0.25) is 0 Å². The second-order valence-electron chi connectivity index (χ2n) is 5.24. The highest BCUT2D eigenvalue weighted by atomic mass is 16.6. The lowest BCUT2D eigenvalue weighted by Crippen LogP contribution is -2.47. The van der Waals surface area contributed by atoms with Gasteiger partial charge in [0.25, 0.3) is 0 Å². The third kappa shape index (κ3) is 2.04. The maximum Gasteiger partial charge on any atom is 0.161 e. The van der Waals surface area contributed by atoms with E-state index in [0.717, 1.165) is 17.9 Å². The Morgan fingerprint density at radius 1 is 1.21 bits per heavy atom. The number of nitriles is 1. The number of hydrogen-bond acceptors (Lipinski definition) is 4. The molecule has 1 saturated heterocycles. The fraction of sp³-hybridized carbons (Fsp3) is 0.533. The van der Waals surface area contributed by atoms with E-state index in [-0.39, 0.29) is 5.41 Å². The molecule has 0 atom stereocenters. The zero-order chi connectivity index (χ0) is 13.3. The van der Waals surface area contributed by atoms with Crippen LogP contribution in [-0.4, -0.2) is 26.4 Å². The summed E-state index contributed by atoms with van der Waals surface area (Å²) in [6.45, 7) is 4.66. The Balaban J connectivity index is 1.97. The van der Waals surface area contributed by atoms with Crippen LogP contribution in [0.15, 0.2) is 12.1 Å². The van der Waals surface area contributed by atoms with E-state index in [9.17, 15) is 0 Å². The molecule has 4 nitrogen and oxygen atoms in total. The van der Waals surface area contributed by atoms with Crippen molar-refractivity contribution in [2.75, 3.05) is 26.4 Å². The lowest BCUT2D eigenvalue weighted by Gasteiger charge is -2.43. The molecule has 1 aromatic rings. The monoisotopic (exact) mass is 259 g/mol. The molecule has 3 rings (SSSR count). The van der Waals surface area contributed by atoms with Crippen LogP contribution < -0.4 is 9.47 Å². The maximum atomic E-state index is 8.82. The number of ether oxygens (including phenoxy) is 3. The van der Waals surface area contributed by atoms with E-state index in [1.165, 1.54) is 11.1 Å². The Morgan fingerprint density at radius 3 is 2.47 bits per heavy atom. The molecule has 1 aromatic carbocycles. The quantitative estimate of drug-likeness (QED) is 0.836. The summed E-state index contributed by atoms with van der Waals surface area (Å²) in [7, 11) is 0. The molecule has 0 radical (unpaired) electrons. The molecular weight excluding hydrogens is 242 g/mol. The molecule has 0 bridgehead atoms. The SMILES string of the molecule is Cc1cc2c(cc1C1(CCC#N)COC1)OCCO2. The van der Waals surface area contributed by atoms with Crippen molar-refractivity contribution in [3.63, 3.8) is 0 Å². The van der Waals surface area contributed by atoms with Crippen LogP contribution in [0.4, 0.5) is 0 Å². The first kappa shape index (κ1) is 12.3. The second-order valence-corrected chi connectivity index (χ2v) is 5.24. The summed E-state index contributed by atoms with van der Waals surface area (Å²) in [4.78, 5) is 0. The number of aryl methyl sites for hydroxylation is 1. The van der Waals surface area contributed by atoms with Gasteiger partial charge in [0.15, 0.2) is 11.5 Å². The molecule has 0 N–H and O–H groups in total. The maximum absolute atomic E-state index is 8.82. The molecule has 0 spiro atoms. The Kier molecular flexibility index (Phi) is 3.08. The molecule has 0 aromatic heterocycles. The van der Waals surface area contributed by atoms with E-state index < -0.39 is 0 Å². The third-order valence-corrected chi connectivity index (χ3v) is 3.93. The van der Waals surface area contributed by atoms with Crippen molar-refractivity contribution in [1.82, 2.24) is 0 Å². The molecule has 0 saturated carbocycles. The molecule has 2 aliphatic rings. The van der Waals surface area contributed by atoms with Crippen LogP contribution in [0.3, 0.4) is 0 Å². The van der Waals surface area contributed by atoms with Crippen molar-refractivity contribution in [3.05, 3.63) is 23.3 Å². The van der Waals surface area contributed by atoms with Gasteiger partial charge in [-0.05, 0) is 36.6 Å². The number of fused-ring (bicyclic) bond motifs is 1. The molecular formula is C15H17NO3. The second kappa shape index (κ2) is 4.75. The highest BCUT2D eigenvalue weighted by Crippen LogP contribution is 2.43. The first-order valence-electron chi connectivity index (χ1n) is 6.61. The highest BCUT2D eigenvalue weighted by molar-refractivity contribution is 5.51. The van der Waals surface area contributed by atoms with Crippen molar-refractivity contribution in [2.24, 2.45) is 0 Å². The van der Waals surface area contributed by atoms with Gasteiger partial charge in [-0.2, -0.15) is 5.26 Å². The van der Waals surface area contributed by atoms with Gasteiger partial charge in [-0.3, -0.25) is 0 Å². The molecule has 0 amide bonds. The summed E-state index contributed by atoms with van der Waals surface area (Å²) in [6, 6.07) is 6.34. The van der Waals surface area contributed by atoms with E-state index in [0.29, 0.717) is 32.8 Å². The molecule has 2 aliphatic heterocycles. The summed E-state index contributed by atoms with van der Waals surface area (Å²) in [5.41, 5.74) is 2.40. The van der Waals surface area contributed by atoms with Crippen molar-refractivity contribution in [2.45, 2.75) is 25.2 Å². The van der Waals surface area contributed by atoms with E-state index in [1.807, 2.05) is 6.07 Å². The zero-order valence-electron chi connectivity index (χ0n) is 11.1. The van der Waals surface area contributed by atoms with Gasteiger partial charge in [0.2, 0.25) is 0 Å². The number of rotatable bonds is 3. The van der Waals surface area contributed by atoms with Crippen molar-refractivity contribution in [3.8, 4) is 17.6 Å². The topological polar surface area (TPSA) is 51.5 Å². The molecule has 0 unspecified atom stereocenters. The normalized spacial score (nSPS) is 19.4. The van der Waals surface area contributed by atoms with Crippen molar-refractivity contribution >= 4 is 0 Å². The van der Waals surface area contributed by atoms with E-state index >= 15 is 0 Å². The average Bonchev–Trinajstić information content (AvgIpc) is 2.38. The highest BCUT2D eigenvalue weighted by Gasteiger charge is 2.41. The van der Waals surface area contributed by atoms with Gasteiger partial charge in [0.1, 0.15) is 13.2 Å². The van der Waals surface area contributed by atoms with E-state index in [4.69, 9.17) is 19.5 Å². The van der Waals surface area contributed by atoms with Gasteiger partial charge in [-0.25, -0.2) is 0 Å². The predicted octanol–water partition coefficient (Wildman–Crippen LogP) is 2.34. The van der Waals surface area contributed by atoms with Crippen LogP contribution in [0.5, 0.6) is 11.5 Å². The lowest BCUT2D eigenvalue weighted by atomic mass is 9.73. The van der Waals surface area contributed by atoms with Gasteiger partial charge >= 0.3 is 0 Å². The number of hydrogen-bond donors (Lipinski definition) is 0. The summed E-state index contributed by atoms with van der Waals surface area (Å²) in [6.07, 6.45) is 1.39. The van der Waals surface area contributed by atoms with Gasteiger partial charge in [-0.1, -0.05) is 0 Å². The third-order valence-electron chi connectivity index (χ3n) is 3.93. The van der Waals surface area contributed by atoms with Crippen LogP contribution >= 0.6 is 0 Å². The Bertz CT molecular complexity index is 529.